The molecule has 1 rings (SSSR count). The van der Waals surface area contributed by atoms with Crippen molar-refractivity contribution >= 4 is 5.96 Å². The molecule has 112 valence electrons. The molecule has 0 bridgehead atoms. The third-order valence-electron chi connectivity index (χ3n) is 3.27. The summed E-state index contributed by atoms with van der Waals surface area (Å²) in [6, 6.07) is 10.6. The highest BCUT2D eigenvalue weighted by molar-refractivity contribution is 5.77. The van der Waals surface area contributed by atoms with E-state index in [9.17, 15) is 0 Å². The highest BCUT2D eigenvalue weighted by Gasteiger charge is 2.12. The van der Waals surface area contributed by atoms with Crippen molar-refractivity contribution < 1.29 is 0 Å². The van der Waals surface area contributed by atoms with Crippen LogP contribution in [-0.2, 0) is 0 Å². The summed E-state index contributed by atoms with van der Waals surface area (Å²) in [4.78, 5) is 6.63. The van der Waals surface area contributed by atoms with E-state index in [1.807, 2.05) is 6.07 Å². The summed E-state index contributed by atoms with van der Waals surface area (Å²) in [5.74, 6) is 1.21. The molecule has 3 N–H and O–H groups in total. The summed E-state index contributed by atoms with van der Waals surface area (Å²) < 4.78 is 0. The van der Waals surface area contributed by atoms with Gasteiger partial charge < -0.3 is 16.0 Å². The first kappa shape index (κ1) is 16.5. The van der Waals surface area contributed by atoms with E-state index in [1.54, 1.807) is 0 Å². The fraction of sp³-hybridized carbons (Fsp3) is 0.562. The van der Waals surface area contributed by atoms with Crippen molar-refractivity contribution in [2.75, 3.05) is 27.2 Å². The molecule has 0 fully saturated rings. The van der Waals surface area contributed by atoms with Crippen LogP contribution >= 0.6 is 0 Å². The lowest BCUT2D eigenvalue weighted by Gasteiger charge is -2.23. The first-order valence-corrected chi connectivity index (χ1v) is 7.26. The highest BCUT2D eigenvalue weighted by atomic mass is 15.1. The Morgan fingerprint density at radius 1 is 1.25 bits per heavy atom. The van der Waals surface area contributed by atoms with E-state index in [4.69, 9.17) is 5.73 Å². The van der Waals surface area contributed by atoms with E-state index >= 15 is 0 Å². The van der Waals surface area contributed by atoms with Gasteiger partial charge in [-0.3, -0.25) is 4.99 Å². The summed E-state index contributed by atoms with van der Waals surface area (Å²) in [6.07, 6.45) is 1.10. The number of guanidine groups is 1. The summed E-state index contributed by atoms with van der Waals surface area (Å²) in [5, 5.41) is 3.17. The molecule has 0 radical (unpaired) electrons. The summed E-state index contributed by atoms with van der Waals surface area (Å²) >= 11 is 0. The molecule has 0 aliphatic carbocycles. The van der Waals surface area contributed by atoms with Crippen molar-refractivity contribution in [2.45, 2.75) is 26.3 Å². The minimum Gasteiger partial charge on any atom is -0.370 e. The number of nitrogens with two attached hydrogens (primary N) is 1. The number of hydrogen-bond donors (Lipinski definition) is 2. The van der Waals surface area contributed by atoms with Gasteiger partial charge in [-0.1, -0.05) is 44.2 Å². The lowest BCUT2D eigenvalue weighted by Crippen LogP contribution is -2.34. The molecule has 4 nitrogen and oxygen atoms in total. The summed E-state index contributed by atoms with van der Waals surface area (Å²) in [6.45, 7) is 5.95. The Hall–Kier alpha value is -1.55. The van der Waals surface area contributed by atoms with Crippen molar-refractivity contribution in [3.05, 3.63) is 35.9 Å². The van der Waals surface area contributed by atoms with E-state index < -0.39 is 0 Å². The minimum absolute atomic E-state index is 0.252. The Kier molecular flexibility index (Phi) is 7.09. The number of aliphatic imine (C=N–C) groups is 1. The van der Waals surface area contributed by atoms with Crippen LogP contribution in [0.1, 0.15) is 31.9 Å². The molecule has 1 unspecified atom stereocenters. The van der Waals surface area contributed by atoms with Crippen molar-refractivity contribution in [3.8, 4) is 0 Å². The fourth-order valence-electron chi connectivity index (χ4n) is 1.97. The third kappa shape index (κ3) is 6.06. The first-order chi connectivity index (χ1) is 9.50. The fourth-order valence-corrected chi connectivity index (χ4v) is 1.97. The predicted octanol–water partition coefficient (Wildman–Crippen LogP) is 2.24. The molecule has 0 saturated heterocycles. The molecule has 0 aromatic heterocycles. The minimum atomic E-state index is 0.252. The van der Waals surface area contributed by atoms with Crippen molar-refractivity contribution in [2.24, 2.45) is 16.6 Å². The van der Waals surface area contributed by atoms with Crippen LogP contribution in [0.5, 0.6) is 0 Å². The van der Waals surface area contributed by atoms with Gasteiger partial charge in [-0.2, -0.15) is 0 Å². The summed E-state index contributed by atoms with van der Waals surface area (Å²) in [7, 11) is 4.13. The molecule has 0 saturated carbocycles. The van der Waals surface area contributed by atoms with Crippen molar-refractivity contribution in [1.29, 1.82) is 0 Å². The lowest BCUT2D eigenvalue weighted by molar-refractivity contribution is 0.306. The van der Waals surface area contributed by atoms with Crippen LogP contribution in [0.2, 0.25) is 0 Å². The Balaban J connectivity index is 2.54. The molecular formula is C16H28N4. The largest absolute Gasteiger partial charge is 0.370 e. The van der Waals surface area contributed by atoms with Crippen molar-refractivity contribution in [1.82, 2.24) is 10.2 Å². The van der Waals surface area contributed by atoms with Gasteiger partial charge >= 0.3 is 0 Å². The van der Waals surface area contributed by atoms with Gasteiger partial charge in [-0.15, -0.1) is 0 Å². The molecule has 4 heteroatoms. The van der Waals surface area contributed by atoms with E-state index in [0.717, 1.165) is 13.0 Å². The number of nitrogens with one attached hydrogen (secondary N) is 1. The highest BCUT2D eigenvalue weighted by Crippen LogP contribution is 2.17. The Morgan fingerprint density at radius 3 is 2.45 bits per heavy atom. The van der Waals surface area contributed by atoms with E-state index in [-0.39, 0.29) is 6.04 Å². The Morgan fingerprint density at radius 2 is 1.90 bits per heavy atom. The van der Waals surface area contributed by atoms with Crippen LogP contribution in [0.3, 0.4) is 0 Å². The zero-order valence-electron chi connectivity index (χ0n) is 13.1. The van der Waals surface area contributed by atoms with Crippen LogP contribution < -0.4 is 11.1 Å². The van der Waals surface area contributed by atoms with Crippen LogP contribution in [0.25, 0.3) is 0 Å². The molecule has 0 heterocycles. The number of nitrogens with zero attached hydrogens (tertiary/aromatic N) is 2. The van der Waals surface area contributed by atoms with Gasteiger partial charge in [0.2, 0.25) is 0 Å². The maximum Gasteiger partial charge on any atom is 0.188 e. The smallest absolute Gasteiger partial charge is 0.188 e. The van der Waals surface area contributed by atoms with Crippen LogP contribution in [0.4, 0.5) is 0 Å². The second kappa shape index (κ2) is 8.59. The molecule has 20 heavy (non-hydrogen) atoms. The van der Waals surface area contributed by atoms with Gasteiger partial charge in [0.05, 0.1) is 12.6 Å². The van der Waals surface area contributed by atoms with Crippen molar-refractivity contribution in [3.63, 3.8) is 0 Å². The Bertz CT molecular complexity index is 398. The van der Waals surface area contributed by atoms with Gasteiger partial charge in [-0.25, -0.2) is 0 Å². The average Bonchev–Trinajstić information content (AvgIpc) is 2.39. The number of hydrogen-bond acceptors (Lipinski definition) is 2. The van der Waals surface area contributed by atoms with Gasteiger partial charge in [0.15, 0.2) is 5.96 Å². The lowest BCUT2D eigenvalue weighted by atomic mass is 10.1. The molecule has 1 aromatic carbocycles. The second-order valence-corrected chi connectivity index (χ2v) is 5.73. The van der Waals surface area contributed by atoms with E-state index in [1.165, 1.54) is 5.56 Å². The molecule has 0 aliphatic rings. The van der Waals surface area contributed by atoms with Crippen LogP contribution in [0, 0.1) is 5.92 Å². The van der Waals surface area contributed by atoms with Gasteiger partial charge in [0.1, 0.15) is 0 Å². The predicted molar refractivity (Wildman–Crippen MR) is 86.8 cm³/mol. The SMILES string of the molecule is CC(C)CCNC(N)=NCC(c1ccccc1)N(C)C. The maximum atomic E-state index is 5.91. The second-order valence-electron chi connectivity index (χ2n) is 5.73. The maximum absolute atomic E-state index is 5.91. The quantitative estimate of drug-likeness (QED) is 0.593. The standard InChI is InChI=1S/C16H28N4/c1-13(2)10-11-18-16(17)19-12-15(20(3)4)14-8-6-5-7-9-14/h5-9,13,15H,10-12H2,1-4H3,(H3,17,18,19). The van der Waals surface area contributed by atoms with Crippen LogP contribution in [0.15, 0.2) is 35.3 Å². The van der Waals surface area contributed by atoms with Gasteiger partial charge in [-0.05, 0) is 32.0 Å². The zero-order valence-corrected chi connectivity index (χ0v) is 13.1. The number of benzene rings is 1. The molecule has 1 atom stereocenters. The van der Waals surface area contributed by atoms with Crippen LogP contribution in [-0.4, -0.2) is 38.0 Å². The van der Waals surface area contributed by atoms with E-state index in [2.05, 4.69) is 67.4 Å². The normalized spacial score (nSPS) is 13.8. The topological polar surface area (TPSA) is 53.6 Å². The molecule has 0 aliphatic heterocycles. The van der Waals surface area contributed by atoms with Gasteiger partial charge in [0, 0.05) is 6.54 Å². The van der Waals surface area contributed by atoms with Gasteiger partial charge in [0.25, 0.3) is 0 Å². The summed E-state index contributed by atoms with van der Waals surface area (Å²) in [5.41, 5.74) is 7.17. The first-order valence-electron chi connectivity index (χ1n) is 7.26. The molecule has 0 spiro atoms. The third-order valence-corrected chi connectivity index (χ3v) is 3.27. The Labute approximate surface area is 123 Å². The van der Waals surface area contributed by atoms with E-state index in [0.29, 0.717) is 18.4 Å². The average molecular weight is 276 g/mol. The monoisotopic (exact) mass is 276 g/mol. The number of rotatable bonds is 7. The molecule has 1 aromatic rings. The molecular weight excluding hydrogens is 248 g/mol. The molecule has 0 amide bonds. The number of likely N-dealkylation sites (N-methyl/N-ethyl adjacent to an activating group) is 1. The zero-order chi connectivity index (χ0) is 15.0.